The molecule has 1 fully saturated rings. The number of aromatic nitrogens is 1. The Kier molecular flexibility index (Phi) is 3.75. The maximum absolute atomic E-state index is 5.99. The van der Waals surface area contributed by atoms with Crippen molar-refractivity contribution >= 4 is 0 Å². The topological polar surface area (TPSA) is 25.4 Å². The predicted molar refractivity (Wildman–Crippen MR) is 75.0 cm³/mol. The Hall–Kier alpha value is -1.87. The van der Waals surface area contributed by atoms with Crippen molar-refractivity contribution < 1.29 is 4.74 Å². The summed E-state index contributed by atoms with van der Waals surface area (Å²) < 4.78 is 5.99. The summed E-state index contributed by atoms with van der Waals surface area (Å²) in [5.41, 5.74) is 1.32. The lowest BCUT2D eigenvalue weighted by molar-refractivity contribution is 0.198. The van der Waals surface area contributed by atoms with Gasteiger partial charge in [-0.05, 0) is 36.2 Å². The van der Waals surface area contributed by atoms with Gasteiger partial charge < -0.3 is 4.74 Å². The molecule has 1 atom stereocenters. The molecule has 3 nitrogen and oxygen atoms in total. The first-order valence-corrected chi connectivity index (χ1v) is 6.73. The number of likely N-dealkylation sites (tertiary alicyclic amines) is 1. The molecule has 0 aliphatic carbocycles. The molecule has 0 amide bonds. The van der Waals surface area contributed by atoms with E-state index in [-0.39, 0.29) is 0 Å². The Labute approximate surface area is 113 Å². The van der Waals surface area contributed by atoms with E-state index in [1.165, 1.54) is 5.56 Å². The van der Waals surface area contributed by atoms with Crippen LogP contribution in [0.5, 0.6) is 5.75 Å². The number of para-hydroxylation sites is 1. The van der Waals surface area contributed by atoms with Gasteiger partial charge in [-0.3, -0.25) is 9.88 Å². The van der Waals surface area contributed by atoms with E-state index in [4.69, 9.17) is 4.74 Å². The van der Waals surface area contributed by atoms with Gasteiger partial charge in [0.15, 0.2) is 0 Å². The molecule has 1 aliphatic rings. The lowest BCUT2D eigenvalue weighted by Gasteiger charge is -2.16. The molecule has 2 aromatic rings. The average Bonchev–Trinajstić information content (AvgIpc) is 2.88. The van der Waals surface area contributed by atoms with Crippen molar-refractivity contribution in [3.05, 3.63) is 60.4 Å². The van der Waals surface area contributed by atoms with Crippen LogP contribution in [0, 0.1) is 0 Å². The van der Waals surface area contributed by atoms with Crippen LogP contribution in [0.3, 0.4) is 0 Å². The predicted octanol–water partition coefficient (Wildman–Crippen LogP) is 2.73. The van der Waals surface area contributed by atoms with Crippen LogP contribution in [0.1, 0.15) is 12.0 Å². The van der Waals surface area contributed by atoms with Crippen LogP contribution in [0.2, 0.25) is 0 Å². The lowest BCUT2D eigenvalue weighted by atomic mass is 10.2. The summed E-state index contributed by atoms with van der Waals surface area (Å²) in [5.74, 6) is 0.971. The fourth-order valence-corrected chi connectivity index (χ4v) is 2.47. The molecule has 3 rings (SSSR count). The zero-order valence-corrected chi connectivity index (χ0v) is 10.9. The third-order valence-corrected chi connectivity index (χ3v) is 3.43. The minimum atomic E-state index is 0.309. The summed E-state index contributed by atoms with van der Waals surface area (Å²) in [6.07, 6.45) is 5.11. The summed E-state index contributed by atoms with van der Waals surface area (Å²) in [4.78, 5) is 6.48. The Morgan fingerprint density at radius 1 is 1.11 bits per heavy atom. The Balaban J connectivity index is 1.53. The van der Waals surface area contributed by atoms with E-state index in [0.29, 0.717) is 6.10 Å². The quantitative estimate of drug-likeness (QED) is 0.839. The maximum Gasteiger partial charge on any atom is 0.119 e. The smallest absolute Gasteiger partial charge is 0.119 e. The second-order valence-electron chi connectivity index (χ2n) is 4.93. The molecule has 1 saturated heterocycles. The molecule has 0 bridgehead atoms. The molecule has 98 valence electrons. The molecule has 1 aliphatic heterocycles. The standard InChI is InChI=1S/C16H18N2O/c1-2-4-15(5-3-1)19-16-8-11-18(13-16)12-14-6-9-17-10-7-14/h1-7,9-10,16H,8,11-13H2/t16-/m0/s1. The van der Waals surface area contributed by atoms with Crippen molar-refractivity contribution in [2.45, 2.75) is 19.1 Å². The summed E-state index contributed by atoms with van der Waals surface area (Å²) in [5, 5.41) is 0. The largest absolute Gasteiger partial charge is 0.489 e. The highest BCUT2D eigenvalue weighted by molar-refractivity contribution is 5.21. The first-order chi connectivity index (χ1) is 9.40. The fraction of sp³-hybridized carbons (Fsp3) is 0.312. The number of ether oxygens (including phenoxy) is 1. The second kappa shape index (κ2) is 5.85. The number of hydrogen-bond donors (Lipinski definition) is 0. The van der Waals surface area contributed by atoms with Gasteiger partial charge in [0, 0.05) is 32.0 Å². The van der Waals surface area contributed by atoms with E-state index in [2.05, 4.69) is 22.0 Å². The number of hydrogen-bond acceptors (Lipinski definition) is 3. The van der Waals surface area contributed by atoms with Crippen molar-refractivity contribution in [3.63, 3.8) is 0 Å². The highest BCUT2D eigenvalue weighted by atomic mass is 16.5. The van der Waals surface area contributed by atoms with Crippen molar-refractivity contribution in [2.75, 3.05) is 13.1 Å². The van der Waals surface area contributed by atoms with Gasteiger partial charge in [0.05, 0.1) is 0 Å². The molecule has 2 heterocycles. The van der Waals surface area contributed by atoms with Crippen molar-refractivity contribution in [2.24, 2.45) is 0 Å². The van der Waals surface area contributed by atoms with Gasteiger partial charge in [-0.15, -0.1) is 0 Å². The number of pyridine rings is 1. The van der Waals surface area contributed by atoms with E-state index in [9.17, 15) is 0 Å². The third kappa shape index (κ3) is 3.32. The lowest BCUT2D eigenvalue weighted by Crippen LogP contribution is -2.24. The van der Waals surface area contributed by atoms with Crippen molar-refractivity contribution in [1.29, 1.82) is 0 Å². The molecule has 3 heteroatoms. The maximum atomic E-state index is 5.99. The first-order valence-electron chi connectivity index (χ1n) is 6.73. The van der Waals surface area contributed by atoms with E-state index < -0.39 is 0 Å². The number of rotatable bonds is 4. The Morgan fingerprint density at radius 2 is 1.89 bits per heavy atom. The Bertz CT molecular complexity index is 453. The molecule has 0 unspecified atom stereocenters. The SMILES string of the molecule is c1ccc(O[C@H]2CCN(Cc3ccncc3)C2)cc1. The van der Waals surface area contributed by atoms with Gasteiger partial charge in [0.1, 0.15) is 11.9 Å². The number of nitrogens with zero attached hydrogens (tertiary/aromatic N) is 2. The zero-order chi connectivity index (χ0) is 12.9. The normalized spacial score (nSPS) is 19.5. The van der Waals surface area contributed by atoms with Crippen LogP contribution < -0.4 is 4.74 Å². The van der Waals surface area contributed by atoms with Crippen molar-refractivity contribution in [3.8, 4) is 5.75 Å². The highest BCUT2D eigenvalue weighted by Gasteiger charge is 2.23. The van der Waals surface area contributed by atoms with Gasteiger partial charge in [-0.2, -0.15) is 0 Å². The highest BCUT2D eigenvalue weighted by Crippen LogP contribution is 2.19. The Morgan fingerprint density at radius 3 is 2.68 bits per heavy atom. The molecule has 0 N–H and O–H groups in total. The van der Waals surface area contributed by atoms with Crippen LogP contribution in [-0.4, -0.2) is 29.1 Å². The van der Waals surface area contributed by atoms with Crippen molar-refractivity contribution in [1.82, 2.24) is 9.88 Å². The van der Waals surface area contributed by atoms with E-state index >= 15 is 0 Å². The summed E-state index contributed by atoms with van der Waals surface area (Å²) in [6, 6.07) is 14.2. The number of benzene rings is 1. The molecule has 1 aromatic heterocycles. The second-order valence-corrected chi connectivity index (χ2v) is 4.93. The van der Waals surface area contributed by atoms with Crippen LogP contribution >= 0.6 is 0 Å². The van der Waals surface area contributed by atoms with Gasteiger partial charge >= 0.3 is 0 Å². The zero-order valence-electron chi connectivity index (χ0n) is 10.9. The minimum absolute atomic E-state index is 0.309. The van der Waals surface area contributed by atoms with E-state index in [0.717, 1.165) is 31.8 Å². The van der Waals surface area contributed by atoms with Gasteiger partial charge in [-0.1, -0.05) is 18.2 Å². The molecule has 0 saturated carbocycles. The summed E-state index contributed by atoms with van der Waals surface area (Å²) in [6.45, 7) is 3.08. The van der Waals surface area contributed by atoms with Gasteiger partial charge in [-0.25, -0.2) is 0 Å². The van der Waals surface area contributed by atoms with E-state index in [1.54, 1.807) is 0 Å². The minimum Gasteiger partial charge on any atom is -0.489 e. The fourth-order valence-electron chi connectivity index (χ4n) is 2.47. The van der Waals surface area contributed by atoms with Crippen LogP contribution in [0.15, 0.2) is 54.9 Å². The monoisotopic (exact) mass is 254 g/mol. The molecule has 1 aromatic carbocycles. The van der Waals surface area contributed by atoms with Gasteiger partial charge in [0.25, 0.3) is 0 Å². The van der Waals surface area contributed by atoms with Gasteiger partial charge in [0.2, 0.25) is 0 Å². The summed E-state index contributed by atoms with van der Waals surface area (Å²) >= 11 is 0. The first kappa shape index (κ1) is 12.2. The average molecular weight is 254 g/mol. The summed E-state index contributed by atoms with van der Waals surface area (Å²) in [7, 11) is 0. The molecular weight excluding hydrogens is 236 g/mol. The van der Waals surface area contributed by atoms with Crippen LogP contribution in [0.4, 0.5) is 0 Å². The van der Waals surface area contributed by atoms with Crippen LogP contribution in [-0.2, 0) is 6.54 Å². The van der Waals surface area contributed by atoms with E-state index in [1.807, 2.05) is 42.7 Å². The molecule has 19 heavy (non-hydrogen) atoms. The van der Waals surface area contributed by atoms with Crippen LogP contribution in [0.25, 0.3) is 0 Å². The molecule has 0 radical (unpaired) electrons. The molecule has 0 spiro atoms. The third-order valence-electron chi connectivity index (χ3n) is 3.43. The molecular formula is C16H18N2O.